The SMILES string of the molecule is CC(C)(C)N1CCC(C(=O)O)(c2ccco2)CC1. The van der Waals surface area contributed by atoms with E-state index in [1.165, 1.54) is 0 Å². The van der Waals surface area contributed by atoms with Crippen LogP contribution in [-0.4, -0.2) is 34.6 Å². The minimum atomic E-state index is -0.842. The number of hydrogen-bond acceptors (Lipinski definition) is 3. The molecule has 1 N–H and O–H groups in total. The lowest BCUT2D eigenvalue weighted by Crippen LogP contribution is -2.52. The highest BCUT2D eigenvalue weighted by atomic mass is 16.4. The molecule has 0 amide bonds. The number of piperidine rings is 1. The molecule has 2 rings (SSSR count). The van der Waals surface area contributed by atoms with Gasteiger partial charge in [-0.05, 0) is 45.7 Å². The minimum Gasteiger partial charge on any atom is -0.480 e. The van der Waals surface area contributed by atoms with E-state index in [4.69, 9.17) is 4.42 Å². The van der Waals surface area contributed by atoms with E-state index in [-0.39, 0.29) is 5.54 Å². The average Bonchev–Trinajstić information content (AvgIpc) is 2.81. The van der Waals surface area contributed by atoms with Crippen LogP contribution in [0.2, 0.25) is 0 Å². The van der Waals surface area contributed by atoms with E-state index in [1.54, 1.807) is 18.4 Å². The molecule has 1 aliphatic rings. The molecule has 18 heavy (non-hydrogen) atoms. The average molecular weight is 251 g/mol. The molecule has 0 radical (unpaired) electrons. The normalized spacial score (nSPS) is 20.8. The van der Waals surface area contributed by atoms with E-state index >= 15 is 0 Å². The summed E-state index contributed by atoms with van der Waals surface area (Å²) in [7, 11) is 0. The maximum Gasteiger partial charge on any atom is 0.317 e. The summed E-state index contributed by atoms with van der Waals surface area (Å²) in [4.78, 5) is 14.0. The number of carboxylic acids is 1. The van der Waals surface area contributed by atoms with E-state index in [9.17, 15) is 9.90 Å². The van der Waals surface area contributed by atoms with Crippen molar-refractivity contribution in [1.29, 1.82) is 0 Å². The van der Waals surface area contributed by atoms with Gasteiger partial charge in [0.1, 0.15) is 11.2 Å². The maximum absolute atomic E-state index is 11.7. The van der Waals surface area contributed by atoms with Crippen LogP contribution in [0, 0.1) is 0 Å². The summed E-state index contributed by atoms with van der Waals surface area (Å²) >= 11 is 0. The zero-order valence-electron chi connectivity index (χ0n) is 11.3. The van der Waals surface area contributed by atoms with Crippen LogP contribution in [0.3, 0.4) is 0 Å². The van der Waals surface area contributed by atoms with Gasteiger partial charge in [0, 0.05) is 18.6 Å². The Kier molecular flexibility index (Phi) is 3.23. The standard InChI is InChI=1S/C14H21NO3/c1-13(2,3)15-8-6-14(7-9-15,12(16)17)11-5-4-10-18-11/h4-5,10H,6-9H2,1-3H3,(H,16,17). The maximum atomic E-state index is 11.7. The zero-order valence-corrected chi connectivity index (χ0v) is 11.3. The van der Waals surface area contributed by atoms with Crippen molar-refractivity contribution in [2.75, 3.05) is 13.1 Å². The number of nitrogens with zero attached hydrogens (tertiary/aromatic N) is 1. The summed E-state index contributed by atoms with van der Waals surface area (Å²) < 4.78 is 5.36. The molecule has 0 spiro atoms. The van der Waals surface area contributed by atoms with Crippen molar-refractivity contribution in [3.63, 3.8) is 0 Å². The van der Waals surface area contributed by atoms with Crippen LogP contribution < -0.4 is 0 Å². The molecule has 0 aliphatic carbocycles. The molecular weight excluding hydrogens is 230 g/mol. The summed E-state index contributed by atoms with van der Waals surface area (Å²) in [5, 5.41) is 9.57. The Morgan fingerprint density at radius 2 is 2.00 bits per heavy atom. The first-order valence-corrected chi connectivity index (χ1v) is 6.39. The topological polar surface area (TPSA) is 53.7 Å². The molecular formula is C14H21NO3. The molecule has 100 valence electrons. The van der Waals surface area contributed by atoms with Crippen molar-refractivity contribution in [3.05, 3.63) is 24.2 Å². The number of likely N-dealkylation sites (tertiary alicyclic amines) is 1. The Bertz CT molecular complexity index is 409. The summed E-state index contributed by atoms with van der Waals surface area (Å²) in [6.07, 6.45) is 2.76. The Hall–Kier alpha value is -1.29. The van der Waals surface area contributed by atoms with E-state index in [1.807, 2.05) is 0 Å². The van der Waals surface area contributed by atoms with Crippen LogP contribution in [0.25, 0.3) is 0 Å². The van der Waals surface area contributed by atoms with Crippen molar-refractivity contribution >= 4 is 5.97 Å². The van der Waals surface area contributed by atoms with Crippen LogP contribution in [0.1, 0.15) is 39.4 Å². The number of carboxylic acid groups (broad SMARTS) is 1. The van der Waals surface area contributed by atoms with Crippen LogP contribution in [0.15, 0.2) is 22.8 Å². The van der Waals surface area contributed by atoms with E-state index in [2.05, 4.69) is 25.7 Å². The quantitative estimate of drug-likeness (QED) is 0.877. The molecule has 1 saturated heterocycles. The predicted octanol–water partition coefficient (Wildman–Crippen LogP) is 2.50. The molecule has 4 heteroatoms. The van der Waals surface area contributed by atoms with Gasteiger partial charge < -0.3 is 9.52 Å². The van der Waals surface area contributed by atoms with Crippen LogP contribution in [-0.2, 0) is 10.2 Å². The number of aliphatic carboxylic acids is 1. The Labute approximate surface area is 108 Å². The first-order chi connectivity index (χ1) is 8.36. The fourth-order valence-corrected chi connectivity index (χ4v) is 2.68. The lowest BCUT2D eigenvalue weighted by atomic mass is 9.75. The molecule has 4 nitrogen and oxygen atoms in total. The molecule has 1 aromatic rings. The van der Waals surface area contributed by atoms with Gasteiger partial charge in [-0.1, -0.05) is 0 Å². The smallest absolute Gasteiger partial charge is 0.317 e. The number of hydrogen-bond donors (Lipinski definition) is 1. The highest BCUT2D eigenvalue weighted by Crippen LogP contribution is 2.37. The van der Waals surface area contributed by atoms with Gasteiger partial charge >= 0.3 is 5.97 Å². The van der Waals surface area contributed by atoms with E-state index < -0.39 is 11.4 Å². The third kappa shape index (κ3) is 2.17. The largest absolute Gasteiger partial charge is 0.480 e. The molecule has 1 aromatic heterocycles. The number of carbonyl (C=O) groups is 1. The summed E-state index contributed by atoms with van der Waals surface area (Å²) in [5.41, 5.74) is -0.751. The molecule has 0 bridgehead atoms. The van der Waals surface area contributed by atoms with Crippen LogP contribution in [0.5, 0.6) is 0 Å². The van der Waals surface area contributed by atoms with Gasteiger partial charge in [0.25, 0.3) is 0 Å². The Morgan fingerprint density at radius 3 is 2.39 bits per heavy atom. The van der Waals surface area contributed by atoms with Crippen LogP contribution >= 0.6 is 0 Å². The fourth-order valence-electron chi connectivity index (χ4n) is 2.68. The second-order valence-corrected chi connectivity index (χ2v) is 6.02. The first-order valence-electron chi connectivity index (χ1n) is 6.39. The molecule has 0 unspecified atom stereocenters. The van der Waals surface area contributed by atoms with Crippen molar-refractivity contribution < 1.29 is 14.3 Å². The third-order valence-corrected chi connectivity index (χ3v) is 3.97. The fraction of sp³-hybridized carbons (Fsp3) is 0.643. The molecule has 1 aliphatic heterocycles. The second kappa shape index (κ2) is 4.43. The summed E-state index contributed by atoms with van der Waals surface area (Å²) in [6.45, 7) is 8.06. The van der Waals surface area contributed by atoms with Gasteiger partial charge in [0.15, 0.2) is 0 Å². The van der Waals surface area contributed by atoms with Gasteiger partial charge in [-0.2, -0.15) is 0 Å². The van der Waals surface area contributed by atoms with Crippen molar-refractivity contribution in [3.8, 4) is 0 Å². The first kappa shape index (κ1) is 13.1. The van der Waals surface area contributed by atoms with Gasteiger partial charge in [0.2, 0.25) is 0 Å². The highest BCUT2D eigenvalue weighted by molar-refractivity contribution is 5.80. The third-order valence-electron chi connectivity index (χ3n) is 3.97. The highest BCUT2D eigenvalue weighted by Gasteiger charge is 2.46. The lowest BCUT2D eigenvalue weighted by Gasteiger charge is -2.43. The lowest BCUT2D eigenvalue weighted by molar-refractivity contribution is -0.147. The zero-order chi connectivity index (χ0) is 13.4. The molecule has 2 heterocycles. The predicted molar refractivity (Wildman–Crippen MR) is 68.6 cm³/mol. The second-order valence-electron chi connectivity index (χ2n) is 6.02. The molecule has 0 saturated carbocycles. The van der Waals surface area contributed by atoms with Crippen molar-refractivity contribution in [1.82, 2.24) is 4.90 Å². The van der Waals surface area contributed by atoms with E-state index in [0.29, 0.717) is 18.6 Å². The Balaban J connectivity index is 2.20. The molecule has 0 atom stereocenters. The van der Waals surface area contributed by atoms with Crippen molar-refractivity contribution in [2.24, 2.45) is 0 Å². The van der Waals surface area contributed by atoms with Crippen LogP contribution in [0.4, 0.5) is 0 Å². The van der Waals surface area contributed by atoms with Crippen molar-refractivity contribution in [2.45, 2.75) is 44.6 Å². The number of furan rings is 1. The molecule has 0 aromatic carbocycles. The Morgan fingerprint density at radius 1 is 1.39 bits per heavy atom. The van der Waals surface area contributed by atoms with Gasteiger partial charge in [-0.25, -0.2) is 0 Å². The summed E-state index contributed by atoms with van der Waals surface area (Å²) in [5.74, 6) is -0.186. The van der Waals surface area contributed by atoms with E-state index in [0.717, 1.165) is 13.1 Å². The number of rotatable bonds is 2. The van der Waals surface area contributed by atoms with Gasteiger partial charge in [0.05, 0.1) is 6.26 Å². The summed E-state index contributed by atoms with van der Waals surface area (Å²) in [6, 6.07) is 3.54. The minimum absolute atomic E-state index is 0.0911. The molecule has 1 fully saturated rings. The van der Waals surface area contributed by atoms with Gasteiger partial charge in [-0.3, -0.25) is 9.69 Å². The van der Waals surface area contributed by atoms with Gasteiger partial charge in [-0.15, -0.1) is 0 Å². The monoisotopic (exact) mass is 251 g/mol.